The van der Waals surface area contributed by atoms with E-state index in [0.717, 1.165) is 5.69 Å². The lowest BCUT2D eigenvalue weighted by Crippen LogP contribution is -2.27. The Balaban J connectivity index is 1.85. The Hall–Kier alpha value is -3.12. The maximum absolute atomic E-state index is 12.7. The normalized spacial score (nSPS) is 10.3. The number of nitrogens with one attached hydrogen (secondary N) is 1. The molecule has 0 fully saturated rings. The fraction of sp³-hybridized carbons (Fsp3) is 0.105. The molecule has 0 atom stereocenters. The number of hydrogen-bond donors (Lipinski definition) is 1. The molecular formula is C19H17ClN4O2. The van der Waals surface area contributed by atoms with Crippen molar-refractivity contribution in [3.8, 4) is 5.75 Å². The van der Waals surface area contributed by atoms with Gasteiger partial charge in [-0.25, -0.2) is 9.97 Å². The number of halogens is 1. The SMILES string of the molecule is COc1ccc(Cl)cc1Nc1cc(C(=O)N(C)c2ccccc2)ncn1. The van der Waals surface area contributed by atoms with Crippen LogP contribution in [0, 0.1) is 0 Å². The number of amides is 1. The summed E-state index contributed by atoms with van der Waals surface area (Å²) in [6, 6.07) is 16.1. The predicted molar refractivity (Wildman–Crippen MR) is 102 cm³/mol. The third-order valence-electron chi connectivity index (χ3n) is 3.76. The lowest BCUT2D eigenvalue weighted by atomic mass is 10.2. The van der Waals surface area contributed by atoms with Crippen LogP contribution in [0.15, 0.2) is 60.9 Å². The Bertz CT molecular complexity index is 918. The van der Waals surface area contributed by atoms with Crippen molar-refractivity contribution in [1.82, 2.24) is 9.97 Å². The Morgan fingerprint density at radius 2 is 1.88 bits per heavy atom. The van der Waals surface area contributed by atoms with E-state index in [0.29, 0.717) is 22.3 Å². The van der Waals surface area contributed by atoms with Gasteiger partial charge >= 0.3 is 0 Å². The molecule has 0 unspecified atom stereocenters. The zero-order valence-electron chi connectivity index (χ0n) is 14.3. The monoisotopic (exact) mass is 368 g/mol. The van der Waals surface area contributed by atoms with Gasteiger partial charge in [-0.05, 0) is 30.3 Å². The van der Waals surface area contributed by atoms with Gasteiger partial charge in [0.05, 0.1) is 12.8 Å². The van der Waals surface area contributed by atoms with Gasteiger partial charge in [-0.15, -0.1) is 0 Å². The quantitative estimate of drug-likeness (QED) is 0.732. The highest BCUT2D eigenvalue weighted by Gasteiger charge is 2.16. The van der Waals surface area contributed by atoms with E-state index >= 15 is 0 Å². The van der Waals surface area contributed by atoms with Gasteiger partial charge in [0.25, 0.3) is 5.91 Å². The number of carbonyl (C=O) groups excluding carboxylic acids is 1. The molecule has 132 valence electrons. The number of hydrogen-bond acceptors (Lipinski definition) is 5. The number of anilines is 3. The Morgan fingerprint density at radius 3 is 2.62 bits per heavy atom. The second kappa shape index (κ2) is 7.84. The van der Waals surface area contributed by atoms with Crippen molar-refractivity contribution in [2.45, 2.75) is 0 Å². The van der Waals surface area contributed by atoms with E-state index in [1.165, 1.54) is 11.2 Å². The summed E-state index contributed by atoms with van der Waals surface area (Å²) in [4.78, 5) is 22.5. The molecule has 1 heterocycles. The minimum Gasteiger partial charge on any atom is -0.495 e. The van der Waals surface area contributed by atoms with Crippen LogP contribution < -0.4 is 15.0 Å². The number of carbonyl (C=O) groups is 1. The first-order valence-electron chi connectivity index (χ1n) is 7.84. The first-order chi connectivity index (χ1) is 12.6. The molecule has 0 radical (unpaired) electrons. The van der Waals surface area contributed by atoms with Crippen LogP contribution in [0.5, 0.6) is 5.75 Å². The summed E-state index contributed by atoms with van der Waals surface area (Å²) in [5.41, 5.74) is 1.70. The third kappa shape index (κ3) is 3.92. The molecule has 2 aromatic carbocycles. The van der Waals surface area contributed by atoms with Crippen molar-refractivity contribution >= 4 is 34.7 Å². The van der Waals surface area contributed by atoms with Crippen molar-refractivity contribution in [3.63, 3.8) is 0 Å². The van der Waals surface area contributed by atoms with Gasteiger partial charge in [0.15, 0.2) is 0 Å². The molecular weight excluding hydrogens is 352 g/mol. The Morgan fingerprint density at radius 1 is 1.12 bits per heavy atom. The molecule has 7 heteroatoms. The molecule has 0 saturated heterocycles. The molecule has 1 amide bonds. The van der Waals surface area contributed by atoms with Gasteiger partial charge < -0.3 is 15.0 Å². The molecule has 6 nitrogen and oxygen atoms in total. The van der Waals surface area contributed by atoms with E-state index in [1.807, 2.05) is 30.3 Å². The first kappa shape index (κ1) is 17.7. The molecule has 3 rings (SSSR count). The average Bonchev–Trinajstić information content (AvgIpc) is 2.68. The minimum atomic E-state index is -0.236. The number of methoxy groups -OCH3 is 1. The molecule has 0 bridgehead atoms. The number of ether oxygens (including phenoxy) is 1. The van der Waals surface area contributed by atoms with E-state index < -0.39 is 0 Å². The lowest BCUT2D eigenvalue weighted by molar-refractivity contribution is 0.0988. The van der Waals surface area contributed by atoms with Gasteiger partial charge in [-0.3, -0.25) is 4.79 Å². The maximum atomic E-state index is 12.7. The lowest BCUT2D eigenvalue weighted by Gasteiger charge is -2.17. The summed E-state index contributed by atoms with van der Waals surface area (Å²) in [6.45, 7) is 0. The highest BCUT2D eigenvalue weighted by atomic mass is 35.5. The smallest absolute Gasteiger partial charge is 0.276 e. The zero-order valence-corrected chi connectivity index (χ0v) is 15.1. The largest absolute Gasteiger partial charge is 0.495 e. The van der Waals surface area contributed by atoms with Crippen molar-refractivity contribution < 1.29 is 9.53 Å². The van der Waals surface area contributed by atoms with Gasteiger partial charge in [-0.2, -0.15) is 0 Å². The molecule has 0 spiro atoms. The van der Waals surface area contributed by atoms with Crippen LogP contribution in [-0.4, -0.2) is 30.0 Å². The van der Waals surface area contributed by atoms with Crippen molar-refractivity contribution in [1.29, 1.82) is 0 Å². The van der Waals surface area contributed by atoms with Crippen molar-refractivity contribution in [2.24, 2.45) is 0 Å². The number of nitrogens with zero attached hydrogens (tertiary/aromatic N) is 3. The summed E-state index contributed by atoms with van der Waals surface area (Å²) >= 11 is 6.04. The zero-order chi connectivity index (χ0) is 18.5. The average molecular weight is 369 g/mol. The molecule has 0 aliphatic heterocycles. The van der Waals surface area contributed by atoms with Gasteiger partial charge in [-0.1, -0.05) is 29.8 Å². The summed E-state index contributed by atoms with van der Waals surface area (Å²) < 4.78 is 5.31. The standard InChI is InChI=1S/C19H17ClN4O2/c1-24(14-6-4-3-5-7-14)19(25)16-11-18(22-12-21-16)23-15-10-13(20)8-9-17(15)26-2/h3-12H,1-2H3,(H,21,22,23). The summed E-state index contributed by atoms with van der Waals surface area (Å²) in [7, 11) is 3.27. The van der Waals surface area contributed by atoms with Crippen LogP contribution in [0.25, 0.3) is 0 Å². The summed E-state index contributed by atoms with van der Waals surface area (Å²) in [6.07, 6.45) is 1.34. The van der Waals surface area contributed by atoms with Crippen LogP contribution in [0.2, 0.25) is 5.02 Å². The van der Waals surface area contributed by atoms with E-state index in [9.17, 15) is 4.79 Å². The van der Waals surface area contributed by atoms with E-state index in [2.05, 4.69) is 15.3 Å². The number of aromatic nitrogens is 2. The van der Waals surface area contributed by atoms with Crippen LogP contribution in [0.3, 0.4) is 0 Å². The van der Waals surface area contributed by atoms with Crippen LogP contribution >= 0.6 is 11.6 Å². The predicted octanol–water partition coefficient (Wildman–Crippen LogP) is 4.16. The van der Waals surface area contributed by atoms with Crippen LogP contribution in [-0.2, 0) is 0 Å². The van der Waals surface area contributed by atoms with Crippen molar-refractivity contribution in [2.75, 3.05) is 24.4 Å². The molecule has 1 aromatic heterocycles. The highest BCUT2D eigenvalue weighted by Crippen LogP contribution is 2.30. The molecule has 0 aliphatic carbocycles. The molecule has 0 aliphatic rings. The van der Waals surface area contributed by atoms with Gasteiger partial charge in [0.2, 0.25) is 0 Å². The highest BCUT2D eigenvalue weighted by molar-refractivity contribution is 6.31. The number of benzene rings is 2. The van der Waals surface area contributed by atoms with Crippen LogP contribution in [0.4, 0.5) is 17.2 Å². The molecule has 26 heavy (non-hydrogen) atoms. The van der Waals surface area contributed by atoms with Crippen LogP contribution in [0.1, 0.15) is 10.5 Å². The maximum Gasteiger partial charge on any atom is 0.276 e. The van der Waals surface area contributed by atoms with E-state index in [4.69, 9.17) is 16.3 Å². The third-order valence-corrected chi connectivity index (χ3v) is 3.99. The second-order valence-electron chi connectivity index (χ2n) is 5.46. The molecule has 0 saturated carbocycles. The van der Waals surface area contributed by atoms with E-state index in [-0.39, 0.29) is 11.6 Å². The fourth-order valence-corrected chi connectivity index (χ4v) is 2.57. The Kier molecular flexibility index (Phi) is 5.34. The summed E-state index contributed by atoms with van der Waals surface area (Å²) in [5, 5.41) is 3.66. The molecule has 1 N–H and O–H groups in total. The summed E-state index contributed by atoms with van der Waals surface area (Å²) in [5.74, 6) is 0.840. The number of rotatable bonds is 5. The minimum absolute atomic E-state index is 0.236. The topological polar surface area (TPSA) is 67.3 Å². The second-order valence-corrected chi connectivity index (χ2v) is 5.89. The number of para-hydroxylation sites is 1. The van der Waals surface area contributed by atoms with E-state index in [1.54, 1.807) is 38.4 Å². The van der Waals surface area contributed by atoms with Gasteiger partial charge in [0, 0.05) is 23.8 Å². The fourth-order valence-electron chi connectivity index (χ4n) is 2.40. The van der Waals surface area contributed by atoms with Gasteiger partial charge in [0.1, 0.15) is 23.6 Å². The first-order valence-corrected chi connectivity index (χ1v) is 8.22. The van der Waals surface area contributed by atoms with Crippen molar-refractivity contribution in [3.05, 3.63) is 71.6 Å². The molecule has 3 aromatic rings. The Labute approximate surface area is 156 Å².